The molecule has 0 aliphatic rings. The molecule has 0 aliphatic heterocycles. The van der Waals surface area contributed by atoms with Crippen LogP contribution in [0.2, 0.25) is 0 Å². The third kappa shape index (κ3) is 2.59. The summed E-state index contributed by atoms with van der Waals surface area (Å²) < 4.78 is 2.50. The first-order chi connectivity index (χ1) is 8.50. The highest BCUT2D eigenvalue weighted by molar-refractivity contribution is 7.99. The van der Waals surface area contributed by atoms with Gasteiger partial charge < -0.3 is 4.57 Å². The molecule has 98 valence electrons. The molecule has 0 amide bonds. The Bertz CT molecular complexity index is 537. The Morgan fingerprint density at radius 2 is 1.89 bits per heavy atom. The Hall–Kier alpha value is -0.890. The van der Waals surface area contributed by atoms with Crippen molar-refractivity contribution in [2.24, 2.45) is 0 Å². The fourth-order valence-electron chi connectivity index (χ4n) is 2.47. The lowest BCUT2D eigenvalue weighted by molar-refractivity contribution is 0.605. The maximum Gasteiger partial charge on any atom is 0.0514 e. The van der Waals surface area contributed by atoms with Crippen molar-refractivity contribution in [3.8, 4) is 0 Å². The van der Waals surface area contributed by atoms with E-state index in [9.17, 15) is 0 Å². The molecule has 1 heterocycles. The molecule has 0 N–H and O–H groups in total. The lowest BCUT2D eigenvalue weighted by atomic mass is 10.1. The third-order valence-corrected chi connectivity index (χ3v) is 4.35. The van der Waals surface area contributed by atoms with E-state index < -0.39 is 0 Å². The summed E-state index contributed by atoms with van der Waals surface area (Å²) in [6.45, 7) is 11.3. The molecule has 0 unspecified atom stereocenters. The SMILES string of the molecule is Cc1cccc2cc(CSC(C)C)n(C(C)C)c12. The second-order valence-corrected chi connectivity index (χ2v) is 7.04. The normalized spacial score (nSPS) is 11.9. The van der Waals surface area contributed by atoms with Gasteiger partial charge in [-0.3, -0.25) is 0 Å². The van der Waals surface area contributed by atoms with E-state index in [1.165, 1.54) is 22.2 Å². The maximum absolute atomic E-state index is 2.50. The Morgan fingerprint density at radius 3 is 2.50 bits per heavy atom. The van der Waals surface area contributed by atoms with Crippen LogP contribution in [-0.2, 0) is 5.75 Å². The number of fused-ring (bicyclic) bond motifs is 1. The van der Waals surface area contributed by atoms with E-state index in [0.717, 1.165) is 5.75 Å². The van der Waals surface area contributed by atoms with Gasteiger partial charge in [-0.05, 0) is 37.7 Å². The van der Waals surface area contributed by atoms with Crippen LogP contribution in [0.4, 0.5) is 0 Å². The minimum Gasteiger partial charge on any atom is -0.341 e. The Balaban J connectivity index is 2.52. The Morgan fingerprint density at radius 1 is 1.17 bits per heavy atom. The monoisotopic (exact) mass is 261 g/mol. The molecule has 0 radical (unpaired) electrons. The molecular formula is C16H23NS. The van der Waals surface area contributed by atoms with Crippen LogP contribution in [-0.4, -0.2) is 9.82 Å². The van der Waals surface area contributed by atoms with E-state index in [0.29, 0.717) is 11.3 Å². The van der Waals surface area contributed by atoms with Crippen LogP contribution in [0, 0.1) is 6.92 Å². The van der Waals surface area contributed by atoms with Crippen molar-refractivity contribution in [3.63, 3.8) is 0 Å². The smallest absolute Gasteiger partial charge is 0.0514 e. The summed E-state index contributed by atoms with van der Waals surface area (Å²) in [5, 5.41) is 2.06. The van der Waals surface area contributed by atoms with Crippen molar-refractivity contribution in [1.29, 1.82) is 0 Å². The summed E-state index contributed by atoms with van der Waals surface area (Å²) in [6.07, 6.45) is 0. The van der Waals surface area contributed by atoms with Gasteiger partial charge in [-0.2, -0.15) is 11.8 Å². The molecule has 0 spiro atoms. The second kappa shape index (κ2) is 5.40. The van der Waals surface area contributed by atoms with Crippen LogP contribution in [0.5, 0.6) is 0 Å². The lowest BCUT2D eigenvalue weighted by Crippen LogP contribution is -2.06. The number of thioether (sulfide) groups is 1. The zero-order valence-electron chi connectivity index (χ0n) is 12.0. The van der Waals surface area contributed by atoms with Crippen LogP contribution in [0.25, 0.3) is 10.9 Å². The van der Waals surface area contributed by atoms with Crippen molar-refractivity contribution in [2.75, 3.05) is 0 Å². The van der Waals surface area contributed by atoms with E-state index in [1.807, 2.05) is 11.8 Å². The quantitative estimate of drug-likeness (QED) is 0.735. The van der Waals surface area contributed by atoms with E-state index in [-0.39, 0.29) is 0 Å². The third-order valence-electron chi connectivity index (χ3n) is 3.22. The summed E-state index contributed by atoms with van der Waals surface area (Å²) in [5.74, 6) is 1.10. The Kier molecular flexibility index (Phi) is 4.06. The highest BCUT2D eigenvalue weighted by atomic mass is 32.2. The van der Waals surface area contributed by atoms with Gasteiger partial charge in [-0.25, -0.2) is 0 Å². The van der Waals surface area contributed by atoms with Crippen LogP contribution in [0.1, 0.15) is 45.0 Å². The highest BCUT2D eigenvalue weighted by Crippen LogP contribution is 2.29. The first-order valence-corrected chi connectivity index (χ1v) is 7.76. The van der Waals surface area contributed by atoms with Gasteiger partial charge in [0.05, 0.1) is 5.52 Å². The summed E-state index contributed by atoms with van der Waals surface area (Å²) in [5.41, 5.74) is 4.24. The standard InChI is InChI=1S/C16H23NS/c1-11(2)17-15(10-18-12(3)4)9-14-8-6-7-13(5)16(14)17/h6-9,11-12H,10H2,1-5H3. The predicted octanol–water partition coefficient (Wildman–Crippen LogP) is 5.17. The van der Waals surface area contributed by atoms with Crippen LogP contribution in [0.3, 0.4) is 0 Å². The van der Waals surface area contributed by atoms with Gasteiger partial charge in [0.2, 0.25) is 0 Å². The molecule has 2 heteroatoms. The number of nitrogens with zero attached hydrogens (tertiary/aromatic N) is 1. The van der Waals surface area contributed by atoms with Gasteiger partial charge in [0, 0.05) is 22.9 Å². The van der Waals surface area contributed by atoms with E-state index in [2.05, 4.69) is 63.5 Å². The number of rotatable bonds is 4. The molecule has 2 aromatic rings. The Labute approximate surface area is 115 Å². The van der Waals surface area contributed by atoms with Gasteiger partial charge in [0.1, 0.15) is 0 Å². The molecule has 18 heavy (non-hydrogen) atoms. The van der Waals surface area contributed by atoms with Crippen LogP contribution < -0.4 is 0 Å². The summed E-state index contributed by atoms with van der Waals surface area (Å²) in [4.78, 5) is 0. The molecule has 0 aliphatic carbocycles. The second-order valence-electron chi connectivity index (χ2n) is 5.47. The van der Waals surface area contributed by atoms with E-state index in [1.54, 1.807) is 0 Å². The largest absolute Gasteiger partial charge is 0.341 e. The van der Waals surface area contributed by atoms with Crippen molar-refractivity contribution < 1.29 is 0 Å². The van der Waals surface area contributed by atoms with E-state index in [4.69, 9.17) is 0 Å². The zero-order chi connectivity index (χ0) is 13.3. The number of hydrogen-bond donors (Lipinski definition) is 0. The molecule has 0 atom stereocenters. The number of benzene rings is 1. The fourth-order valence-corrected chi connectivity index (χ4v) is 3.20. The minimum absolute atomic E-state index is 0.520. The molecule has 1 aromatic carbocycles. The first kappa shape index (κ1) is 13.5. The highest BCUT2D eigenvalue weighted by Gasteiger charge is 2.13. The van der Waals surface area contributed by atoms with Crippen molar-refractivity contribution >= 4 is 22.7 Å². The maximum atomic E-state index is 2.50. The summed E-state index contributed by atoms with van der Waals surface area (Å²) >= 11 is 2.02. The molecule has 0 saturated carbocycles. The average Bonchev–Trinajstić information content (AvgIpc) is 2.66. The lowest BCUT2D eigenvalue weighted by Gasteiger charge is -2.16. The molecule has 1 aromatic heterocycles. The molecule has 1 nitrogen and oxygen atoms in total. The molecule has 0 saturated heterocycles. The van der Waals surface area contributed by atoms with Crippen LogP contribution in [0.15, 0.2) is 24.3 Å². The van der Waals surface area contributed by atoms with Gasteiger partial charge in [0.25, 0.3) is 0 Å². The predicted molar refractivity (Wildman–Crippen MR) is 83.5 cm³/mol. The number of para-hydroxylation sites is 1. The fraction of sp³-hybridized carbons (Fsp3) is 0.500. The first-order valence-electron chi connectivity index (χ1n) is 6.71. The molecule has 0 bridgehead atoms. The van der Waals surface area contributed by atoms with Crippen molar-refractivity contribution in [3.05, 3.63) is 35.5 Å². The molecule has 0 fully saturated rings. The molecular weight excluding hydrogens is 238 g/mol. The van der Waals surface area contributed by atoms with E-state index >= 15 is 0 Å². The van der Waals surface area contributed by atoms with Crippen LogP contribution >= 0.6 is 11.8 Å². The van der Waals surface area contributed by atoms with Gasteiger partial charge in [-0.1, -0.05) is 32.0 Å². The molecule has 2 rings (SSSR count). The number of aromatic nitrogens is 1. The van der Waals surface area contributed by atoms with Crippen molar-refractivity contribution in [1.82, 2.24) is 4.57 Å². The average molecular weight is 261 g/mol. The minimum atomic E-state index is 0.520. The zero-order valence-corrected chi connectivity index (χ0v) is 12.8. The summed E-state index contributed by atoms with van der Waals surface area (Å²) in [6, 6.07) is 9.47. The topological polar surface area (TPSA) is 4.93 Å². The van der Waals surface area contributed by atoms with Gasteiger partial charge in [-0.15, -0.1) is 0 Å². The van der Waals surface area contributed by atoms with Gasteiger partial charge >= 0.3 is 0 Å². The number of hydrogen-bond acceptors (Lipinski definition) is 1. The van der Waals surface area contributed by atoms with Gasteiger partial charge in [0.15, 0.2) is 0 Å². The summed E-state index contributed by atoms with van der Waals surface area (Å²) in [7, 11) is 0. The number of aryl methyl sites for hydroxylation is 1. The van der Waals surface area contributed by atoms with Crippen molar-refractivity contribution in [2.45, 2.75) is 51.7 Å².